The van der Waals surface area contributed by atoms with Gasteiger partial charge in [0.2, 0.25) is 5.91 Å². The summed E-state index contributed by atoms with van der Waals surface area (Å²) >= 11 is 0. The number of carbonyl (C=O) groups excluding carboxylic acids is 1. The summed E-state index contributed by atoms with van der Waals surface area (Å²) in [7, 11) is 0. The number of aromatic amines is 1. The minimum atomic E-state index is -0.412. The van der Waals surface area contributed by atoms with Crippen LogP contribution in [0.4, 0.5) is 5.69 Å². The fourth-order valence-electron chi connectivity index (χ4n) is 2.79. The number of nitrogens with one attached hydrogen (secondary N) is 2. The van der Waals surface area contributed by atoms with Crippen molar-refractivity contribution in [3.05, 3.63) is 58.2 Å². The van der Waals surface area contributed by atoms with Crippen LogP contribution < -0.4 is 5.32 Å². The number of H-pyrrole nitrogens is 1. The number of nitrogens with zero attached hydrogens (tertiary/aromatic N) is 3. The van der Waals surface area contributed by atoms with Crippen molar-refractivity contribution >= 4 is 11.6 Å². The Bertz CT molecular complexity index is 684. The van der Waals surface area contributed by atoms with Crippen LogP contribution in [0.1, 0.15) is 17.3 Å². The van der Waals surface area contributed by atoms with Crippen molar-refractivity contribution in [2.24, 2.45) is 0 Å². The SMILES string of the molecule is O=C1CN(C(Cc2ccc([N+](=O)[O-])cc2)c2cnc[nH]2)CCN1. The van der Waals surface area contributed by atoms with Crippen LogP contribution in [0.15, 0.2) is 36.8 Å². The first kappa shape index (κ1) is 15.2. The predicted molar refractivity (Wildman–Crippen MR) is 82.7 cm³/mol. The number of hydrogen-bond acceptors (Lipinski definition) is 5. The third-order valence-corrected chi connectivity index (χ3v) is 3.96. The van der Waals surface area contributed by atoms with Gasteiger partial charge in [-0.05, 0) is 12.0 Å². The normalized spacial score (nSPS) is 16.8. The molecule has 1 saturated heterocycles. The molecule has 0 aliphatic carbocycles. The number of benzene rings is 1. The van der Waals surface area contributed by atoms with Crippen molar-refractivity contribution in [1.29, 1.82) is 0 Å². The largest absolute Gasteiger partial charge is 0.354 e. The summed E-state index contributed by atoms with van der Waals surface area (Å²) in [6, 6.07) is 6.49. The van der Waals surface area contributed by atoms with Gasteiger partial charge in [-0.1, -0.05) is 12.1 Å². The van der Waals surface area contributed by atoms with Crippen LogP contribution in [0.25, 0.3) is 0 Å². The maximum absolute atomic E-state index is 11.7. The first-order chi connectivity index (χ1) is 11.1. The summed E-state index contributed by atoms with van der Waals surface area (Å²) in [5.41, 5.74) is 1.98. The van der Waals surface area contributed by atoms with Crippen LogP contribution in [0.3, 0.4) is 0 Å². The lowest BCUT2D eigenvalue weighted by Crippen LogP contribution is -2.49. The standard InChI is InChI=1S/C15H17N5O3/c21-15-9-19(6-5-17-15)14(13-8-16-10-18-13)7-11-1-3-12(4-2-11)20(22)23/h1-4,8,10,14H,5-7,9H2,(H,16,18)(H,17,21). The number of rotatable bonds is 5. The van der Waals surface area contributed by atoms with Crippen LogP contribution >= 0.6 is 0 Å². The second-order valence-corrected chi connectivity index (χ2v) is 5.47. The molecule has 0 radical (unpaired) electrons. The summed E-state index contributed by atoms with van der Waals surface area (Å²) in [6.45, 7) is 1.70. The Balaban J connectivity index is 1.81. The first-order valence-corrected chi connectivity index (χ1v) is 7.36. The van der Waals surface area contributed by atoms with Gasteiger partial charge in [-0.2, -0.15) is 0 Å². The van der Waals surface area contributed by atoms with E-state index in [-0.39, 0.29) is 17.6 Å². The molecule has 1 unspecified atom stereocenters. The van der Waals surface area contributed by atoms with E-state index in [1.165, 1.54) is 12.1 Å². The Morgan fingerprint density at radius 1 is 1.35 bits per heavy atom. The van der Waals surface area contributed by atoms with E-state index >= 15 is 0 Å². The molecule has 1 aliphatic rings. The second kappa shape index (κ2) is 6.57. The van der Waals surface area contributed by atoms with Gasteiger partial charge in [0.05, 0.1) is 29.5 Å². The van der Waals surface area contributed by atoms with Gasteiger partial charge in [0, 0.05) is 31.4 Å². The molecule has 0 bridgehead atoms. The third kappa shape index (κ3) is 3.54. The van der Waals surface area contributed by atoms with Gasteiger partial charge < -0.3 is 10.3 Å². The zero-order chi connectivity index (χ0) is 16.2. The summed E-state index contributed by atoms with van der Waals surface area (Å²) in [4.78, 5) is 31.3. The molecule has 2 heterocycles. The Hall–Kier alpha value is -2.74. The van der Waals surface area contributed by atoms with Gasteiger partial charge >= 0.3 is 0 Å². The van der Waals surface area contributed by atoms with Gasteiger partial charge in [-0.3, -0.25) is 19.8 Å². The van der Waals surface area contributed by atoms with E-state index in [0.29, 0.717) is 19.5 Å². The van der Waals surface area contributed by atoms with Crippen molar-refractivity contribution in [3.8, 4) is 0 Å². The summed E-state index contributed by atoms with van der Waals surface area (Å²) in [5.74, 6) is 0.00413. The topological polar surface area (TPSA) is 104 Å². The lowest BCUT2D eigenvalue weighted by atomic mass is 10.0. The average Bonchev–Trinajstić information content (AvgIpc) is 3.07. The molecule has 2 aromatic rings. The minimum absolute atomic E-state index is 0.00413. The van der Waals surface area contributed by atoms with Crippen LogP contribution in [0, 0.1) is 10.1 Å². The molecule has 1 amide bonds. The Labute approximate surface area is 132 Å². The molecule has 2 N–H and O–H groups in total. The smallest absolute Gasteiger partial charge is 0.269 e. The molecule has 0 spiro atoms. The highest BCUT2D eigenvalue weighted by atomic mass is 16.6. The monoisotopic (exact) mass is 315 g/mol. The number of aromatic nitrogens is 2. The lowest BCUT2D eigenvalue weighted by molar-refractivity contribution is -0.384. The van der Waals surface area contributed by atoms with E-state index in [9.17, 15) is 14.9 Å². The number of amides is 1. The maximum Gasteiger partial charge on any atom is 0.269 e. The molecule has 3 rings (SSSR count). The van der Waals surface area contributed by atoms with E-state index < -0.39 is 4.92 Å². The summed E-state index contributed by atoms with van der Waals surface area (Å²) in [6.07, 6.45) is 4.01. The van der Waals surface area contributed by atoms with E-state index in [4.69, 9.17) is 0 Å². The van der Waals surface area contributed by atoms with Crippen molar-refractivity contribution < 1.29 is 9.72 Å². The van der Waals surface area contributed by atoms with Crippen LogP contribution in [-0.2, 0) is 11.2 Å². The summed E-state index contributed by atoms with van der Waals surface area (Å²) < 4.78 is 0. The highest BCUT2D eigenvalue weighted by Gasteiger charge is 2.26. The van der Waals surface area contributed by atoms with Gasteiger partial charge in [-0.15, -0.1) is 0 Å². The summed E-state index contributed by atoms with van der Waals surface area (Å²) in [5, 5.41) is 13.6. The van der Waals surface area contributed by atoms with Crippen LogP contribution in [0.5, 0.6) is 0 Å². The molecule has 0 saturated carbocycles. The second-order valence-electron chi connectivity index (χ2n) is 5.47. The molecule has 1 atom stereocenters. The molecule has 120 valence electrons. The lowest BCUT2D eigenvalue weighted by Gasteiger charge is -2.33. The number of carbonyl (C=O) groups is 1. The molecule has 1 aromatic heterocycles. The molecule has 1 fully saturated rings. The molecule has 1 aliphatic heterocycles. The van der Waals surface area contributed by atoms with Crippen molar-refractivity contribution in [1.82, 2.24) is 20.2 Å². The molecular weight excluding hydrogens is 298 g/mol. The van der Waals surface area contributed by atoms with E-state index in [1.807, 2.05) is 0 Å². The van der Waals surface area contributed by atoms with Crippen molar-refractivity contribution in [2.75, 3.05) is 19.6 Å². The number of piperazine rings is 1. The van der Waals surface area contributed by atoms with Gasteiger partial charge in [-0.25, -0.2) is 4.98 Å². The fraction of sp³-hybridized carbons (Fsp3) is 0.333. The molecule has 8 nitrogen and oxygen atoms in total. The average molecular weight is 315 g/mol. The first-order valence-electron chi connectivity index (χ1n) is 7.36. The zero-order valence-electron chi connectivity index (χ0n) is 12.4. The maximum atomic E-state index is 11.7. The van der Waals surface area contributed by atoms with Gasteiger partial charge in [0.1, 0.15) is 0 Å². The van der Waals surface area contributed by atoms with E-state index in [2.05, 4.69) is 20.2 Å². The molecule has 8 heteroatoms. The van der Waals surface area contributed by atoms with E-state index in [0.717, 1.165) is 17.8 Å². The quantitative estimate of drug-likeness (QED) is 0.633. The van der Waals surface area contributed by atoms with Gasteiger partial charge in [0.25, 0.3) is 5.69 Å². The van der Waals surface area contributed by atoms with Crippen LogP contribution in [0.2, 0.25) is 0 Å². The van der Waals surface area contributed by atoms with Crippen molar-refractivity contribution in [3.63, 3.8) is 0 Å². The van der Waals surface area contributed by atoms with Crippen molar-refractivity contribution in [2.45, 2.75) is 12.5 Å². The number of nitro groups is 1. The number of hydrogen-bond donors (Lipinski definition) is 2. The Kier molecular flexibility index (Phi) is 4.33. The Morgan fingerprint density at radius 3 is 2.74 bits per heavy atom. The highest BCUT2D eigenvalue weighted by Crippen LogP contribution is 2.25. The highest BCUT2D eigenvalue weighted by molar-refractivity contribution is 5.78. The van der Waals surface area contributed by atoms with E-state index in [1.54, 1.807) is 24.7 Å². The molecular formula is C15H17N5O3. The minimum Gasteiger partial charge on any atom is -0.354 e. The number of imidazole rings is 1. The predicted octanol–water partition coefficient (Wildman–Crippen LogP) is 1.03. The number of non-ortho nitro benzene ring substituents is 1. The van der Waals surface area contributed by atoms with Crippen LogP contribution in [-0.4, -0.2) is 45.3 Å². The Morgan fingerprint density at radius 2 is 2.13 bits per heavy atom. The molecule has 1 aromatic carbocycles. The fourth-order valence-corrected chi connectivity index (χ4v) is 2.79. The van der Waals surface area contributed by atoms with Gasteiger partial charge in [0.15, 0.2) is 0 Å². The third-order valence-electron chi connectivity index (χ3n) is 3.96. The number of nitro benzene ring substituents is 1. The zero-order valence-corrected chi connectivity index (χ0v) is 12.4. The molecule has 23 heavy (non-hydrogen) atoms.